The zero-order valence-electron chi connectivity index (χ0n) is 9.08. The molecule has 0 amide bonds. The Balaban J connectivity index is 2.64. The molecule has 1 aromatic heterocycles. The lowest BCUT2D eigenvalue weighted by atomic mass is 10.1. The lowest BCUT2D eigenvalue weighted by Gasteiger charge is -2.06. The zero-order valence-corrected chi connectivity index (χ0v) is 10.7. The van der Waals surface area contributed by atoms with E-state index in [-0.39, 0.29) is 0 Å². The van der Waals surface area contributed by atoms with Gasteiger partial charge in [-0.25, -0.2) is 0 Å². The van der Waals surface area contributed by atoms with E-state index in [4.69, 9.17) is 5.73 Å². The van der Waals surface area contributed by atoms with Gasteiger partial charge in [0.25, 0.3) is 0 Å². The van der Waals surface area contributed by atoms with Crippen molar-refractivity contribution in [2.45, 2.75) is 0 Å². The average molecular weight is 306 g/mol. The number of nitrogen functional groups attached to an aromatic ring is 1. The summed E-state index contributed by atoms with van der Waals surface area (Å²) in [5.74, 6) is 0. The van der Waals surface area contributed by atoms with Gasteiger partial charge in [0.1, 0.15) is 0 Å². The molecule has 6 heteroatoms. The number of rotatable bonds is 0. The van der Waals surface area contributed by atoms with Crippen molar-refractivity contribution in [1.29, 1.82) is 0 Å². The molecule has 5 nitrogen and oxygen atoms in total. The minimum atomic E-state index is -0.673. The minimum absolute atomic E-state index is 0.574. The fourth-order valence-corrected chi connectivity index (χ4v) is 2.61. The van der Waals surface area contributed by atoms with Crippen LogP contribution in [0, 0.1) is 0 Å². The number of benzene rings is 2. The summed E-state index contributed by atoms with van der Waals surface area (Å²) in [6.45, 7) is 0. The van der Waals surface area contributed by atoms with Crippen LogP contribution in [0.5, 0.6) is 0 Å². The van der Waals surface area contributed by atoms with Crippen LogP contribution in [-0.2, 0) is 0 Å². The Hall–Kier alpha value is -2.08. The fourth-order valence-electron chi connectivity index (χ4n) is 2.00. The predicted octanol–water partition coefficient (Wildman–Crippen LogP) is 1.71. The second kappa shape index (κ2) is 3.71. The van der Waals surface area contributed by atoms with Gasteiger partial charge in [0, 0.05) is 15.5 Å². The number of aromatic nitrogens is 2. The number of nitrogens with two attached hydrogens (primary N) is 1. The number of nitrogens with one attached hydrogen (secondary N) is 2. The van der Waals surface area contributed by atoms with Crippen molar-refractivity contribution in [3.05, 3.63) is 49.4 Å². The molecule has 0 saturated heterocycles. The van der Waals surface area contributed by atoms with E-state index in [9.17, 15) is 9.59 Å². The summed E-state index contributed by atoms with van der Waals surface area (Å²) in [5, 5.41) is 1.70. The van der Waals surface area contributed by atoms with Crippen molar-refractivity contribution in [2.75, 3.05) is 5.73 Å². The molecule has 0 radical (unpaired) electrons. The summed E-state index contributed by atoms with van der Waals surface area (Å²) < 4.78 is 0.839. The maximum Gasteiger partial charge on any atom is 0.314 e. The van der Waals surface area contributed by atoms with E-state index in [1.807, 2.05) is 6.07 Å². The highest BCUT2D eigenvalue weighted by molar-refractivity contribution is 9.10. The molecule has 3 rings (SSSR count). The largest absolute Gasteiger partial charge is 0.399 e. The first kappa shape index (κ1) is 11.0. The quantitative estimate of drug-likeness (QED) is 0.335. The van der Waals surface area contributed by atoms with Crippen LogP contribution < -0.4 is 16.9 Å². The Kier molecular flexibility index (Phi) is 2.27. The summed E-state index contributed by atoms with van der Waals surface area (Å²) in [4.78, 5) is 27.8. The van der Waals surface area contributed by atoms with Crippen LogP contribution in [0.4, 0.5) is 5.69 Å². The van der Waals surface area contributed by atoms with Crippen LogP contribution in [0.3, 0.4) is 0 Å². The van der Waals surface area contributed by atoms with Crippen LogP contribution in [0.25, 0.3) is 21.8 Å². The first-order chi connectivity index (χ1) is 8.56. The SMILES string of the molecule is Nc1cc(Br)c2ccc3[nH]c(=O)c(=O)[nH]c3c2c1. The molecule has 0 aliphatic heterocycles. The second-order valence-corrected chi connectivity index (χ2v) is 4.85. The molecule has 3 aromatic rings. The van der Waals surface area contributed by atoms with Gasteiger partial charge in [-0.3, -0.25) is 9.59 Å². The molecule has 0 saturated carbocycles. The molecule has 18 heavy (non-hydrogen) atoms. The van der Waals surface area contributed by atoms with Crippen LogP contribution >= 0.6 is 15.9 Å². The van der Waals surface area contributed by atoms with Gasteiger partial charge in [0.15, 0.2) is 0 Å². The maximum atomic E-state index is 11.4. The molecule has 2 aromatic carbocycles. The first-order valence-corrected chi connectivity index (χ1v) is 5.99. The monoisotopic (exact) mass is 305 g/mol. The van der Waals surface area contributed by atoms with Gasteiger partial charge in [-0.15, -0.1) is 0 Å². The number of hydrogen-bond acceptors (Lipinski definition) is 3. The van der Waals surface area contributed by atoms with Gasteiger partial charge in [0.05, 0.1) is 11.0 Å². The van der Waals surface area contributed by atoms with E-state index in [1.165, 1.54) is 0 Å². The average Bonchev–Trinajstić information content (AvgIpc) is 2.30. The number of H-pyrrole nitrogens is 2. The molecule has 0 atom stereocenters. The number of aromatic amines is 2. The van der Waals surface area contributed by atoms with Gasteiger partial charge in [-0.2, -0.15) is 0 Å². The second-order valence-electron chi connectivity index (χ2n) is 3.99. The molecule has 0 unspecified atom stereocenters. The predicted molar refractivity (Wildman–Crippen MR) is 74.8 cm³/mol. The number of halogens is 1. The Morgan fingerprint density at radius 3 is 2.50 bits per heavy atom. The number of fused-ring (bicyclic) bond motifs is 3. The highest BCUT2D eigenvalue weighted by atomic mass is 79.9. The summed E-state index contributed by atoms with van der Waals surface area (Å²) in [6, 6.07) is 7.15. The Bertz CT molecular complexity index is 895. The van der Waals surface area contributed by atoms with E-state index in [0.29, 0.717) is 16.7 Å². The standard InChI is InChI=1S/C12H8BrN3O2/c13-8-4-5(14)3-7-6(8)1-2-9-10(7)16-12(18)11(17)15-9/h1-4H,14H2,(H,15,17)(H,16,18). The van der Waals surface area contributed by atoms with E-state index >= 15 is 0 Å². The van der Waals surface area contributed by atoms with Gasteiger partial charge in [0.2, 0.25) is 0 Å². The normalized spacial score (nSPS) is 11.2. The van der Waals surface area contributed by atoms with E-state index < -0.39 is 11.1 Å². The first-order valence-electron chi connectivity index (χ1n) is 5.20. The van der Waals surface area contributed by atoms with Gasteiger partial charge in [-0.05, 0) is 23.6 Å². The highest BCUT2D eigenvalue weighted by Crippen LogP contribution is 2.30. The Morgan fingerprint density at radius 1 is 1.00 bits per heavy atom. The summed E-state index contributed by atoms with van der Waals surface area (Å²) in [6.07, 6.45) is 0. The zero-order chi connectivity index (χ0) is 12.9. The Labute approximate surface area is 109 Å². The number of anilines is 1. The Morgan fingerprint density at radius 2 is 1.72 bits per heavy atom. The molecule has 0 bridgehead atoms. The lowest BCUT2D eigenvalue weighted by Crippen LogP contribution is -2.28. The minimum Gasteiger partial charge on any atom is -0.399 e. The third-order valence-corrected chi connectivity index (χ3v) is 3.46. The van der Waals surface area contributed by atoms with E-state index in [0.717, 1.165) is 15.2 Å². The van der Waals surface area contributed by atoms with Crippen molar-refractivity contribution in [3.8, 4) is 0 Å². The molecule has 0 spiro atoms. The maximum absolute atomic E-state index is 11.4. The van der Waals surface area contributed by atoms with Gasteiger partial charge in [-0.1, -0.05) is 22.0 Å². The molecular weight excluding hydrogens is 298 g/mol. The molecule has 0 aliphatic rings. The molecule has 4 N–H and O–H groups in total. The topological polar surface area (TPSA) is 91.7 Å². The van der Waals surface area contributed by atoms with Crippen LogP contribution in [-0.4, -0.2) is 9.97 Å². The van der Waals surface area contributed by atoms with E-state index in [1.54, 1.807) is 18.2 Å². The van der Waals surface area contributed by atoms with Gasteiger partial charge < -0.3 is 15.7 Å². The highest BCUT2D eigenvalue weighted by Gasteiger charge is 2.07. The van der Waals surface area contributed by atoms with Gasteiger partial charge >= 0.3 is 11.1 Å². The van der Waals surface area contributed by atoms with Crippen molar-refractivity contribution in [3.63, 3.8) is 0 Å². The van der Waals surface area contributed by atoms with Crippen molar-refractivity contribution >= 4 is 43.4 Å². The molecule has 90 valence electrons. The number of hydrogen-bond donors (Lipinski definition) is 3. The molecule has 0 aliphatic carbocycles. The van der Waals surface area contributed by atoms with Crippen molar-refractivity contribution in [2.24, 2.45) is 0 Å². The fraction of sp³-hybridized carbons (Fsp3) is 0. The van der Waals surface area contributed by atoms with Crippen molar-refractivity contribution in [1.82, 2.24) is 9.97 Å². The summed E-state index contributed by atoms with van der Waals surface area (Å²) in [5.41, 5.74) is 6.18. The third kappa shape index (κ3) is 1.53. The van der Waals surface area contributed by atoms with Crippen LogP contribution in [0.1, 0.15) is 0 Å². The molecule has 1 heterocycles. The molecular formula is C12H8BrN3O2. The summed E-state index contributed by atoms with van der Waals surface area (Å²) in [7, 11) is 0. The smallest absolute Gasteiger partial charge is 0.314 e. The molecule has 0 fully saturated rings. The summed E-state index contributed by atoms with van der Waals surface area (Å²) >= 11 is 3.42. The van der Waals surface area contributed by atoms with Crippen LogP contribution in [0.2, 0.25) is 0 Å². The van der Waals surface area contributed by atoms with Crippen molar-refractivity contribution < 1.29 is 0 Å². The van der Waals surface area contributed by atoms with E-state index in [2.05, 4.69) is 25.9 Å². The van der Waals surface area contributed by atoms with Crippen LogP contribution in [0.15, 0.2) is 38.3 Å². The third-order valence-electron chi connectivity index (χ3n) is 2.80. The lowest BCUT2D eigenvalue weighted by molar-refractivity contribution is 1.15.